The van der Waals surface area contributed by atoms with Gasteiger partial charge in [0.2, 0.25) is 5.91 Å². The highest BCUT2D eigenvalue weighted by Crippen LogP contribution is 2.32. The molecule has 3 rings (SSSR count). The normalized spacial score (nSPS) is 12.4. The fraction of sp³-hybridized carbons (Fsp3) is 0.263. The van der Waals surface area contributed by atoms with Crippen LogP contribution < -0.4 is 14.8 Å². The van der Waals surface area contributed by atoms with Crippen molar-refractivity contribution in [2.45, 2.75) is 6.92 Å². The smallest absolute Gasteiger partial charge is 0.254 e. The van der Waals surface area contributed by atoms with Crippen LogP contribution in [0.3, 0.4) is 0 Å². The molecular weight excluding hydrogens is 400 g/mol. The van der Waals surface area contributed by atoms with E-state index in [-0.39, 0.29) is 18.4 Å². The molecule has 2 aromatic rings. The summed E-state index contributed by atoms with van der Waals surface area (Å²) >= 11 is 3.34. The first kappa shape index (κ1) is 18.3. The molecule has 0 radical (unpaired) electrons. The van der Waals surface area contributed by atoms with Crippen molar-refractivity contribution in [1.29, 1.82) is 0 Å². The highest BCUT2D eigenvalue weighted by molar-refractivity contribution is 9.10. The minimum Gasteiger partial charge on any atom is -0.486 e. The Kier molecular flexibility index (Phi) is 5.78. The molecule has 0 saturated heterocycles. The number of ether oxygens (including phenoxy) is 2. The average molecular weight is 419 g/mol. The van der Waals surface area contributed by atoms with Crippen LogP contribution in [0.5, 0.6) is 11.5 Å². The second-order valence-electron chi connectivity index (χ2n) is 5.73. The zero-order valence-electron chi connectivity index (χ0n) is 14.3. The summed E-state index contributed by atoms with van der Waals surface area (Å²) < 4.78 is 11.9. The highest BCUT2D eigenvalue weighted by atomic mass is 79.9. The number of hydrogen-bond acceptors (Lipinski definition) is 4. The Morgan fingerprint density at radius 2 is 1.77 bits per heavy atom. The summed E-state index contributed by atoms with van der Waals surface area (Å²) in [6.45, 7) is 3.25. The summed E-state index contributed by atoms with van der Waals surface area (Å²) in [7, 11) is 0. The van der Waals surface area contributed by atoms with Crippen molar-refractivity contribution in [1.82, 2.24) is 4.90 Å². The van der Waals surface area contributed by atoms with Gasteiger partial charge in [-0.05, 0) is 43.3 Å². The molecule has 0 fully saturated rings. The highest BCUT2D eigenvalue weighted by Gasteiger charge is 2.18. The molecule has 26 heavy (non-hydrogen) atoms. The van der Waals surface area contributed by atoms with Gasteiger partial charge >= 0.3 is 0 Å². The van der Waals surface area contributed by atoms with Gasteiger partial charge in [0.05, 0.1) is 0 Å². The van der Waals surface area contributed by atoms with Gasteiger partial charge < -0.3 is 19.7 Å². The van der Waals surface area contributed by atoms with Gasteiger partial charge in [0.15, 0.2) is 11.5 Å². The van der Waals surface area contributed by atoms with Crippen LogP contribution in [-0.2, 0) is 4.79 Å². The average Bonchev–Trinajstić information content (AvgIpc) is 2.66. The molecule has 0 aromatic heterocycles. The molecule has 6 nitrogen and oxygen atoms in total. The molecule has 0 bridgehead atoms. The van der Waals surface area contributed by atoms with Crippen LogP contribution in [0.1, 0.15) is 17.3 Å². The van der Waals surface area contributed by atoms with Crippen molar-refractivity contribution in [3.63, 3.8) is 0 Å². The van der Waals surface area contributed by atoms with Crippen molar-refractivity contribution in [2.24, 2.45) is 0 Å². The Morgan fingerprint density at radius 3 is 2.46 bits per heavy atom. The predicted molar refractivity (Wildman–Crippen MR) is 102 cm³/mol. The Hall–Kier alpha value is -2.54. The summed E-state index contributed by atoms with van der Waals surface area (Å²) in [6.07, 6.45) is 0. The number of benzene rings is 2. The topological polar surface area (TPSA) is 67.9 Å². The monoisotopic (exact) mass is 418 g/mol. The van der Waals surface area contributed by atoms with E-state index in [1.54, 1.807) is 42.5 Å². The quantitative estimate of drug-likeness (QED) is 0.808. The fourth-order valence-electron chi connectivity index (χ4n) is 2.60. The maximum atomic E-state index is 12.6. The lowest BCUT2D eigenvalue weighted by Crippen LogP contribution is -2.37. The van der Waals surface area contributed by atoms with Gasteiger partial charge in [-0.25, -0.2) is 0 Å². The minimum atomic E-state index is -0.269. The fourth-order valence-corrected chi connectivity index (χ4v) is 2.86. The number of nitrogens with zero attached hydrogens (tertiary/aromatic N) is 1. The van der Waals surface area contributed by atoms with E-state index in [0.717, 1.165) is 4.47 Å². The molecule has 136 valence electrons. The zero-order chi connectivity index (χ0) is 18.5. The third kappa shape index (κ3) is 4.35. The zero-order valence-corrected chi connectivity index (χ0v) is 15.9. The Labute approximate surface area is 160 Å². The summed E-state index contributed by atoms with van der Waals surface area (Å²) in [5.74, 6) is 0.813. The number of amides is 2. The second-order valence-corrected chi connectivity index (χ2v) is 6.65. The molecule has 0 aliphatic carbocycles. The molecule has 1 aliphatic heterocycles. The van der Waals surface area contributed by atoms with Crippen molar-refractivity contribution in [3.8, 4) is 11.5 Å². The molecule has 0 unspecified atom stereocenters. The van der Waals surface area contributed by atoms with E-state index in [1.807, 2.05) is 6.92 Å². The van der Waals surface area contributed by atoms with Crippen LogP contribution in [0.25, 0.3) is 0 Å². The molecule has 7 heteroatoms. The molecule has 0 spiro atoms. The van der Waals surface area contributed by atoms with Crippen LogP contribution in [0.4, 0.5) is 5.69 Å². The van der Waals surface area contributed by atoms with E-state index in [9.17, 15) is 9.59 Å². The SMILES string of the molecule is CCN(CC(=O)Nc1ccc2c(c1)OCCO2)C(=O)c1ccc(Br)cc1. The lowest BCUT2D eigenvalue weighted by atomic mass is 10.2. The second kappa shape index (κ2) is 8.23. The molecular formula is C19H19BrN2O4. The molecule has 0 atom stereocenters. The summed E-state index contributed by atoms with van der Waals surface area (Å²) in [4.78, 5) is 26.4. The van der Waals surface area contributed by atoms with Crippen LogP contribution in [0.15, 0.2) is 46.9 Å². The predicted octanol–water partition coefficient (Wildman–Crippen LogP) is 3.32. The van der Waals surface area contributed by atoms with Gasteiger partial charge in [-0.1, -0.05) is 15.9 Å². The maximum Gasteiger partial charge on any atom is 0.254 e. The van der Waals surface area contributed by atoms with Crippen molar-refractivity contribution in [3.05, 3.63) is 52.5 Å². The molecule has 1 heterocycles. The summed E-state index contributed by atoms with van der Waals surface area (Å²) in [6, 6.07) is 12.3. The third-order valence-electron chi connectivity index (χ3n) is 3.92. The number of anilines is 1. The van der Waals surface area contributed by atoms with Gasteiger partial charge in [-0.3, -0.25) is 9.59 Å². The number of carbonyl (C=O) groups is 2. The van der Waals surface area contributed by atoms with Crippen LogP contribution in [0.2, 0.25) is 0 Å². The molecule has 1 N–H and O–H groups in total. The van der Waals surface area contributed by atoms with Crippen LogP contribution >= 0.6 is 15.9 Å². The molecule has 0 saturated carbocycles. The van der Waals surface area contributed by atoms with Gasteiger partial charge in [-0.15, -0.1) is 0 Å². The first-order valence-electron chi connectivity index (χ1n) is 8.31. The number of rotatable bonds is 5. The minimum absolute atomic E-state index is 0.0279. The number of nitrogens with one attached hydrogen (secondary N) is 1. The van der Waals surface area contributed by atoms with Gasteiger partial charge in [-0.2, -0.15) is 0 Å². The van der Waals surface area contributed by atoms with E-state index in [0.29, 0.717) is 42.5 Å². The molecule has 2 aromatic carbocycles. The van der Waals surface area contributed by atoms with E-state index in [1.165, 1.54) is 4.90 Å². The number of carbonyl (C=O) groups excluding carboxylic acids is 2. The molecule has 2 amide bonds. The van der Waals surface area contributed by atoms with Crippen LogP contribution in [0, 0.1) is 0 Å². The summed E-state index contributed by atoms with van der Waals surface area (Å²) in [5, 5.41) is 2.80. The number of likely N-dealkylation sites (N-methyl/N-ethyl adjacent to an activating group) is 1. The Morgan fingerprint density at radius 1 is 1.08 bits per heavy atom. The maximum absolute atomic E-state index is 12.6. The van der Waals surface area contributed by atoms with Crippen LogP contribution in [-0.4, -0.2) is 43.0 Å². The van der Waals surface area contributed by atoms with Gasteiger partial charge in [0.25, 0.3) is 5.91 Å². The first-order valence-corrected chi connectivity index (χ1v) is 9.10. The lowest BCUT2D eigenvalue weighted by Gasteiger charge is -2.21. The number of halogens is 1. The Bertz CT molecular complexity index is 808. The van der Waals surface area contributed by atoms with E-state index in [4.69, 9.17) is 9.47 Å². The van der Waals surface area contributed by atoms with Crippen molar-refractivity contribution >= 4 is 33.4 Å². The van der Waals surface area contributed by atoms with Crippen molar-refractivity contribution < 1.29 is 19.1 Å². The third-order valence-corrected chi connectivity index (χ3v) is 4.45. The molecule has 1 aliphatic rings. The first-order chi connectivity index (χ1) is 12.6. The van der Waals surface area contributed by atoms with E-state index < -0.39 is 0 Å². The van der Waals surface area contributed by atoms with Crippen molar-refractivity contribution in [2.75, 3.05) is 31.6 Å². The number of hydrogen-bond donors (Lipinski definition) is 1. The van der Waals surface area contributed by atoms with Gasteiger partial charge in [0, 0.05) is 28.3 Å². The van der Waals surface area contributed by atoms with E-state index in [2.05, 4.69) is 21.2 Å². The van der Waals surface area contributed by atoms with Gasteiger partial charge in [0.1, 0.15) is 19.8 Å². The summed E-state index contributed by atoms with van der Waals surface area (Å²) in [5.41, 5.74) is 1.15. The largest absolute Gasteiger partial charge is 0.486 e. The number of fused-ring (bicyclic) bond motifs is 1. The lowest BCUT2D eigenvalue weighted by molar-refractivity contribution is -0.116. The van der Waals surface area contributed by atoms with E-state index >= 15 is 0 Å². The Balaban J connectivity index is 1.64. The standard InChI is InChI=1S/C19H19BrN2O4/c1-2-22(19(24)13-3-5-14(20)6-4-13)12-18(23)21-15-7-8-16-17(11-15)26-10-9-25-16/h3-8,11H,2,9-10,12H2,1H3,(H,21,23).